The Labute approximate surface area is 160 Å². The molecule has 0 unspecified atom stereocenters. The standard InChI is InChI=1S/C19H18N6O3/c1-27-15-6-3-5-13(17(15)28-2)12-25-16(7-9-21-25)23-19(26)14-11-22-24-10-4-8-20-18(14)24/h3-11H,12H2,1-2H3,(H,23,26). The minimum Gasteiger partial charge on any atom is -0.493 e. The second-order valence-corrected chi connectivity index (χ2v) is 5.93. The molecule has 4 rings (SSSR count). The van der Waals surface area contributed by atoms with Crippen LogP contribution in [-0.2, 0) is 6.54 Å². The highest BCUT2D eigenvalue weighted by Gasteiger charge is 2.17. The van der Waals surface area contributed by atoms with Crippen LogP contribution in [0.4, 0.5) is 5.82 Å². The van der Waals surface area contributed by atoms with Crippen LogP contribution in [0.15, 0.2) is 55.1 Å². The van der Waals surface area contributed by atoms with Gasteiger partial charge in [-0.05, 0) is 12.1 Å². The predicted octanol–water partition coefficient (Wildman–Crippen LogP) is 2.24. The number of carbonyl (C=O) groups is 1. The van der Waals surface area contributed by atoms with E-state index in [1.807, 2.05) is 18.2 Å². The van der Waals surface area contributed by atoms with Crippen LogP contribution in [0.25, 0.3) is 5.65 Å². The minimum atomic E-state index is -0.312. The van der Waals surface area contributed by atoms with Crippen molar-refractivity contribution >= 4 is 17.4 Å². The van der Waals surface area contributed by atoms with Crippen molar-refractivity contribution in [3.05, 3.63) is 66.2 Å². The average Bonchev–Trinajstić information content (AvgIpc) is 3.34. The lowest BCUT2D eigenvalue weighted by Crippen LogP contribution is -2.16. The van der Waals surface area contributed by atoms with Crippen LogP contribution < -0.4 is 14.8 Å². The van der Waals surface area contributed by atoms with Gasteiger partial charge in [0, 0.05) is 24.0 Å². The van der Waals surface area contributed by atoms with E-state index >= 15 is 0 Å². The van der Waals surface area contributed by atoms with Crippen molar-refractivity contribution in [3.63, 3.8) is 0 Å². The Balaban J connectivity index is 1.59. The number of para-hydroxylation sites is 1. The number of nitrogens with one attached hydrogen (secondary N) is 1. The molecule has 9 nitrogen and oxygen atoms in total. The number of aromatic nitrogens is 5. The Bertz CT molecular complexity index is 1130. The molecule has 0 saturated heterocycles. The second kappa shape index (κ2) is 7.39. The summed E-state index contributed by atoms with van der Waals surface area (Å²) >= 11 is 0. The molecule has 0 fully saturated rings. The van der Waals surface area contributed by atoms with Gasteiger partial charge in [0.15, 0.2) is 17.1 Å². The number of anilines is 1. The van der Waals surface area contributed by atoms with Crippen molar-refractivity contribution in [2.45, 2.75) is 6.54 Å². The SMILES string of the molecule is COc1cccc(Cn2nccc2NC(=O)c2cnn3cccnc23)c1OC. The number of rotatable bonds is 6. The van der Waals surface area contributed by atoms with Gasteiger partial charge in [0.05, 0.1) is 33.2 Å². The summed E-state index contributed by atoms with van der Waals surface area (Å²) in [6.45, 7) is 0.399. The van der Waals surface area contributed by atoms with Gasteiger partial charge >= 0.3 is 0 Å². The van der Waals surface area contributed by atoms with Crippen LogP contribution in [0.3, 0.4) is 0 Å². The zero-order chi connectivity index (χ0) is 19.5. The monoisotopic (exact) mass is 378 g/mol. The number of amides is 1. The maximum absolute atomic E-state index is 12.7. The van der Waals surface area contributed by atoms with Gasteiger partial charge in [0.25, 0.3) is 5.91 Å². The maximum atomic E-state index is 12.7. The normalized spacial score (nSPS) is 10.8. The molecule has 0 spiro atoms. The smallest absolute Gasteiger partial charge is 0.262 e. The highest BCUT2D eigenvalue weighted by molar-refractivity contribution is 6.07. The zero-order valence-corrected chi connectivity index (χ0v) is 15.4. The van der Waals surface area contributed by atoms with Gasteiger partial charge < -0.3 is 14.8 Å². The Hall–Kier alpha value is -3.88. The minimum absolute atomic E-state index is 0.312. The third-order valence-electron chi connectivity index (χ3n) is 4.29. The quantitative estimate of drug-likeness (QED) is 0.553. The van der Waals surface area contributed by atoms with Crippen molar-refractivity contribution in [3.8, 4) is 11.5 Å². The predicted molar refractivity (Wildman–Crippen MR) is 102 cm³/mol. The molecule has 28 heavy (non-hydrogen) atoms. The number of hydrogen-bond donors (Lipinski definition) is 1. The van der Waals surface area contributed by atoms with E-state index in [1.54, 1.807) is 54.1 Å². The number of methoxy groups -OCH3 is 2. The number of carbonyl (C=O) groups excluding carboxylic acids is 1. The highest BCUT2D eigenvalue weighted by Crippen LogP contribution is 2.31. The van der Waals surface area contributed by atoms with E-state index in [1.165, 1.54) is 6.20 Å². The molecule has 1 aromatic carbocycles. The van der Waals surface area contributed by atoms with Gasteiger partial charge in [-0.2, -0.15) is 10.2 Å². The molecule has 142 valence electrons. The molecular weight excluding hydrogens is 360 g/mol. The summed E-state index contributed by atoms with van der Waals surface area (Å²) in [4.78, 5) is 16.9. The summed E-state index contributed by atoms with van der Waals surface area (Å²) in [7, 11) is 3.18. The lowest BCUT2D eigenvalue weighted by atomic mass is 10.2. The Morgan fingerprint density at radius 2 is 2.00 bits per heavy atom. The molecule has 0 radical (unpaired) electrons. The Morgan fingerprint density at radius 1 is 1.11 bits per heavy atom. The molecular formula is C19H18N6O3. The summed E-state index contributed by atoms with van der Waals surface area (Å²) in [6, 6.07) is 9.10. The van der Waals surface area contributed by atoms with Gasteiger partial charge in [-0.15, -0.1) is 0 Å². The third kappa shape index (κ3) is 3.13. The van der Waals surface area contributed by atoms with Crippen molar-refractivity contribution in [2.24, 2.45) is 0 Å². The number of ether oxygens (including phenoxy) is 2. The van der Waals surface area contributed by atoms with E-state index in [2.05, 4.69) is 20.5 Å². The first-order chi connectivity index (χ1) is 13.7. The van der Waals surface area contributed by atoms with Crippen LogP contribution in [0.2, 0.25) is 0 Å². The molecule has 1 N–H and O–H groups in total. The molecule has 0 aliphatic carbocycles. The fraction of sp³-hybridized carbons (Fsp3) is 0.158. The third-order valence-corrected chi connectivity index (χ3v) is 4.29. The zero-order valence-electron chi connectivity index (χ0n) is 15.4. The molecule has 4 aromatic rings. The van der Waals surface area contributed by atoms with Crippen LogP contribution in [-0.4, -0.2) is 44.5 Å². The number of nitrogens with zero attached hydrogens (tertiary/aromatic N) is 5. The molecule has 3 aromatic heterocycles. The maximum Gasteiger partial charge on any atom is 0.262 e. The van der Waals surface area contributed by atoms with Gasteiger partial charge in [-0.1, -0.05) is 12.1 Å². The van der Waals surface area contributed by atoms with Crippen molar-refractivity contribution in [2.75, 3.05) is 19.5 Å². The van der Waals surface area contributed by atoms with Crippen LogP contribution in [0.5, 0.6) is 11.5 Å². The molecule has 0 bridgehead atoms. The van der Waals surface area contributed by atoms with E-state index in [4.69, 9.17) is 9.47 Å². The van der Waals surface area contributed by atoms with E-state index in [-0.39, 0.29) is 5.91 Å². The summed E-state index contributed by atoms with van der Waals surface area (Å²) in [5, 5.41) is 11.3. The number of fused-ring (bicyclic) bond motifs is 1. The van der Waals surface area contributed by atoms with Gasteiger partial charge in [0.1, 0.15) is 11.4 Å². The summed E-state index contributed by atoms with van der Waals surface area (Å²) < 4.78 is 14.0. The van der Waals surface area contributed by atoms with Crippen LogP contribution in [0, 0.1) is 0 Å². The van der Waals surface area contributed by atoms with Gasteiger partial charge in [-0.25, -0.2) is 14.2 Å². The van der Waals surface area contributed by atoms with Crippen molar-refractivity contribution in [1.29, 1.82) is 0 Å². The largest absolute Gasteiger partial charge is 0.493 e. The Morgan fingerprint density at radius 3 is 2.82 bits per heavy atom. The summed E-state index contributed by atoms with van der Waals surface area (Å²) in [5.41, 5.74) is 1.74. The molecule has 3 heterocycles. The van der Waals surface area contributed by atoms with Crippen LogP contribution in [0.1, 0.15) is 15.9 Å². The summed E-state index contributed by atoms with van der Waals surface area (Å²) in [5.74, 6) is 1.50. The molecule has 0 aliphatic rings. The van der Waals surface area contributed by atoms with E-state index < -0.39 is 0 Å². The fourth-order valence-corrected chi connectivity index (χ4v) is 2.98. The number of benzene rings is 1. The fourth-order valence-electron chi connectivity index (χ4n) is 2.98. The molecule has 0 aliphatic heterocycles. The second-order valence-electron chi connectivity index (χ2n) is 5.93. The lowest BCUT2D eigenvalue weighted by Gasteiger charge is -2.14. The first kappa shape index (κ1) is 17.5. The molecule has 9 heteroatoms. The van der Waals surface area contributed by atoms with E-state index in [9.17, 15) is 4.79 Å². The molecule has 0 saturated carbocycles. The van der Waals surface area contributed by atoms with Gasteiger partial charge in [-0.3, -0.25) is 4.79 Å². The lowest BCUT2D eigenvalue weighted by molar-refractivity contribution is 0.102. The van der Waals surface area contributed by atoms with E-state index in [0.717, 1.165) is 5.56 Å². The first-order valence-electron chi connectivity index (χ1n) is 8.52. The molecule has 1 amide bonds. The van der Waals surface area contributed by atoms with E-state index in [0.29, 0.717) is 35.1 Å². The number of hydrogen-bond acceptors (Lipinski definition) is 6. The van der Waals surface area contributed by atoms with Crippen LogP contribution >= 0.6 is 0 Å². The first-order valence-corrected chi connectivity index (χ1v) is 8.52. The highest BCUT2D eigenvalue weighted by atomic mass is 16.5. The topological polar surface area (TPSA) is 95.6 Å². The molecule has 0 atom stereocenters. The van der Waals surface area contributed by atoms with Crippen molar-refractivity contribution in [1.82, 2.24) is 24.4 Å². The average molecular weight is 378 g/mol. The Kier molecular flexibility index (Phi) is 4.63. The van der Waals surface area contributed by atoms with Crippen molar-refractivity contribution < 1.29 is 14.3 Å². The van der Waals surface area contributed by atoms with Gasteiger partial charge in [0.2, 0.25) is 0 Å². The summed E-state index contributed by atoms with van der Waals surface area (Å²) in [6.07, 6.45) is 6.46.